The molecule has 2 aromatic rings. The molecule has 1 aliphatic carbocycles. The summed E-state index contributed by atoms with van der Waals surface area (Å²) in [6.45, 7) is 4.84. The first-order chi connectivity index (χ1) is 12.6. The van der Waals surface area contributed by atoms with Crippen LogP contribution < -0.4 is 0 Å². The monoisotopic (exact) mass is 351 g/mol. The van der Waals surface area contributed by atoms with Crippen LogP contribution in [-0.4, -0.2) is 41.4 Å². The minimum Gasteiger partial charge on any atom is -0.448 e. The van der Waals surface area contributed by atoms with E-state index in [9.17, 15) is 9.90 Å². The fourth-order valence-corrected chi connectivity index (χ4v) is 4.36. The van der Waals surface area contributed by atoms with Crippen molar-refractivity contribution in [1.29, 1.82) is 0 Å². The Hall–Kier alpha value is -2.33. The van der Waals surface area contributed by atoms with Crippen molar-refractivity contribution >= 4 is 6.09 Å². The molecule has 1 aliphatic heterocycles. The lowest BCUT2D eigenvalue weighted by molar-refractivity contribution is 0.0850. The molecular weight excluding hydrogens is 326 g/mol. The zero-order valence-corrected chi connectivity index (χ0v) is 15.3. The van der Waals surface area contributed by atoms with Gasteiger partial charge in [-0.2, -0.15) is 0 Å². The molecule has 1 fully saturated rings. The zero-order valence-electron chi connectivity index (χ0n) is 15.3. The number of amides is 1. The third-order valence-corrected chi connectivity index (χ3v) is 5.66. The summed E-state index contributed by atoms with van der Waals surface area (Å²) in [7, 11) is 0. The molecule has 0 radical (unpaired) electrons. The Balaban J connectivity index is 1.52. The number of likely N-dealkylation sites (tertiary alicyclic amines) is 1. The summed E-state index contributed by atoms with van der Waals surface area (Å²) in [5, 5.41) is 9.96. The summed E-state index contributed by atoms with van der Waals surface area (Å²) in [6, 6.07) is 16.7. The van der Waals surface area contributed by atoms with Gasteiger partial charge >= 0.3 is 6.09 Å². The number of benzene rings is 2. The first-order valence-corrected chi connectivity index (χ1v) is 9.36. The summed E-state index contributed by atoms with van der Waals surface area (Å²) in [5.41, 5.74) is 4.87. The molecule has 4 rings (SSSR count). The van der Waals surface area contributed by atoms with E-state index in [2.05, 4.69) is 38.1 Å². The van der Waals surface area contributed by atoms with Gasteiger partial charge in [-0.25, -0.2) is 4.79 Å². The molecule has 2 aliphatic rings. The normalized spacial score (nSPS) is 21.8. The summed E-state index contributed by atoms with van der Waals surface area (Å²) in [5.74, 6) is 0.365. The number of hydrogen-bond acceptors (Lipinski definition) is 3. The molecule has 2 unspecified atom stereocenters. The van der Waals surface area contributed by atoms with E-state index in [0.29, 0.717) is 25.5 Å². The van der Waals surface area contributed by atoms with E-state index in [-0.39, 0.29) is 18.1 Å². The molecule has 1 N–H and O–H groups in total. The number of β-amino-alcohol motifs (C(OH)–C–C–N with tert-alkyl or cyclic N) is 1. The van der Waals surface area contributed by atoms with Crippen LogP contribution in [0, 0.1) is 5.92 Å². The average Bonchev–Trinajstić information content (AvgIpc) is 3.18. The second kappa shape index (κ2) is 6.76. The van der Waals surface area contributed by atoms with Crippen molar-refractivity contribution in [3.63, 3.8) is 0 Å². The average molecular weight is 351 g/mol. The van der Waals surface area contributed by atoms with Crippen molar-refractivity contribution in [3.8, 4) is 11.1 Å². The lowest BCUT2D eigenvalue weighted by Gasteiger charge is -2.27. The summed E-state index contributed by atoms with van der Waals surface area (Å²) >= 11 is 0. The van der Waals surface area contributed by atoms with Gasteiger partial charge in [0.2, 0.25) is 0 Å². The maximum atomic E-state index is 12.7. The Morgan fingerprint density at radius 3 is 2.27 bits per heavy atom. The Morgan fingerprint density at radius 1 is 1.12 bits per heavy atom. The predicted octanol–water partition coefficient (Wildman–Crippen LogP) is 4.03. The van der Waals surface area contributed by atoms with Crippen molar-refractivity contribution in [3.05, 3.63) is 59.7 Å². The molecule has 2 aromatic carbocycles. The summed E-state index contributed by atoms with van der Waals surface area (Å²) in [4.78, 5) is 14.4. The van der Waals surface area contributed by atoms with Gasteiger partial charge in [-0.1, -0.05) is 62.4 Å². The van der Waals surface area contributed by atoms with Crippen LogP contribution in [0.15, 0.2) is 48.5 Å². The quantitative estimate of drug-likeness (QED) is 0.908. The highest BCUT2D eigenvalue weighted by Crippen LogP contribution is 2.44. The van der Waals surface area contributed by atoms with Crippen LogP contribution in [0.1, 0.15) is 37.3 Å². The van der Waals surface area contributed by atoms with Gasteiger partial charge in [0.15, 0.2) is 0 Å². The van der Waals surface area contributed by atoms with E-state index in [1.54, 1.807) is 4.90 Å². The van der Waals surface area contributed by atoms with Gasteiger partial charge in [0, 0.05) is 12.0 Å². The van der Waals surface area contributed by atoms with Gasteiger partial charge in [-0.3, -0.25) is 0 Å². The van der Waals surface area contributed by atoms with Crippen LogP contribution in [0.2, 0.25) is 0 Å². The van der Waals surface area contributed by atoms with E-state index in [1.807, 2.05) is 24.3 Å². The highest BCUT2D eigenvalue weighted by Gasteiger charge is 2.37. The molecular formula is C22H25NO3. The molecule has 1 saturated heterocycles. The van der Waals surface area contributed by atoms with Gasteiger partial charge in [0.1, 0.15) is 6.61 Å². The molecule has 2 atom stereocenters. The number of rotatable bonds is 3. The standard InChI is InChI=1S/C22H25NO3/c1-14(2)21-11-15(24)12-23(21)22(25)26-13-20-18-9-5-3-7-16(18)17-8-4-6-10-19(17)20/h3-10,14-15,20-21,24H,11-13H2,1-2H3. The van der Waals surface area contributed by atoms with Crippen LogP contribution in [0.3, 0.4) is 0 Å². The highest BCUT2D eigenvalue weighted by atomic mass is 16.6. The minimum atomic E-state index is -0.456. The molecule has 0 saturated carbocycles. The van der Waals surface area contributed by atoms with Crippen LogP contribution in [0.5, 0.6) is 0 Å². The Labute approximate surface area is 154 Å². The second-order valence-corrected chi connectivity index (χ2v) is 7.66. The summed E-state index contributed by atoms with van der Waals surface area (Å²) in [6.07, 6.45) is -0.146. The molecule has 0 bridgehead atoms. The fourth-order valence-electron chi connectivity index (χ4n) is 4.36. The molecule has 1 amide bonds. The first kappa shape index (κ1) is 17.1. The molecule has 1 heterocycles. The first-order valence-electron chi connectivity index (χ1n) is 9.36. The molecule has 4 heteroatoms. The minimum absolute atomic E-state index is 0.0423. The van der Waals surface area contributed by atoms with Gasteiger partial charge in [0.25, 0.3) is 0 Å². The number of aliphatic hydroxyl groups excluding tert-OH is 1. The van der Waals surface area contributed by atoms with E-state index in [0.717, 1.165) is 0 Å². The van der Waals surface area contributed by atoms with E-state index < -0.39 is 6.10 Å². The fraction of sp³-hybridized carbons (Fsp3) is 0.409. The second-order valence-electron chi connectivity index (χ2n) is 7.66. The highest BCUT2D eigenvalue weighted by molar-refractivity contribution is 5.79. The van der Waals surface area contributed by atoms with E-state index in [4.69, 9.17) is 4.74 Å². The Morgan fingerprint density at radius 2 is 1.69 bits per heavy atom. The third kappa shape index (κ3) is 2.88. The Kier molecular flexibility index (Phi) is 4.45. The van der Waals surface area contributed by atoms with Crippen molar-refractivity contribution in [2.75, 3.05) is 13.2 Å². The van der Waals surface area contributed by atoms with Crippen LogP contribution >= 0.6 is 0 Å². The Bertz CT molecular complexity index is 771. The lowest BCUT2D eigenvalue weighted by atomic mass is 9.98. The van der Waals surface area contributed by atoms with Crippen LogP contribution in [0.25, 0.3) is 11.1 Å². The lowest BCUT2D eigenvalue weighted by Crippen LogP contribution is -2.39. The molecule has 136 valence electrons. The molecule has 4 nitrogen and oxygen atoms in total. The topological polar surface area (TPSA) is 49.8 Å². The maximum Gasteiger partial charge on any atom is 0.410 e. The zero-order chi connectivity index (χ0) is 18.3. The number of aliphatic hydroxyl groups is 1. The third-order valence-electron chi connectivity index (χ3n) is 5.66. The van der Waals surface area contributed by atoms with Crippen molar-refractivity contribution in [2.45, 2.75) is 38.3 Å². The molecule has 26 heavy (non-hydrogen) atoms. The number of nitrogens with zero attached hydrogens (tertiary/aromatic N) is 1. The van der Waals surface area contributed by atoms with Gasteiger partial charge in [-0.15, -0.1) is 0 Å². The number of fused-ring (bicyclic) bond motifs is 3. The van der Waals surface area contributed by atoms with Gasteiger partial charge < -0.3 is 14.7 Å². The number of carbonyl (C=O) groups is 1. The molecule has 0 spiro atoms. The van der Waals surface area contributed by atoms with E-state index >= 15 is 0 Å². The maximum absolute atomic E-state index is 12.7. The van der Waals surface area contributed by atoms with Crippen molar-refractivity contribution in [2.24, 2.45) is 5.92 Å². The van der Waals surface area contributed by atoms with Crippen LogP contribution in [0.4, 0.5) is 4.79 Å². The predicted molar refractivity (Wildman–Crippen MR) is 101 cm³/mol. The van der Waals surface area contributed by atoms with Crippen LogP contribution in [-0.2, 0) is 4.74 Å². The largest absolute Gasteiger partial charge is 0.448 e. The number of carbonyl (C=O) groups excluding carboxylic acids is 1. The number of ether oxygens (including phenoxy) is 1. The van der Waals surface area contributed by atoms with Gasteiger partial charge in [-0.05, 0) is 34.6 Å². The van der Waals surface area contributed by atoms with Gasteiger partial charge in [0.05, 0.1) is 12.6 Å². The smallest absolute Gasteiger partial charge is 0.410 e. The van der Waals surface area contributed by atoms with Crippen molar-refractivity contribution < 1.29 is 14.6 Å². The SMILES string of the molecule is CC(C)C1CC(O)CN1C(=O)OCC1c2ccccc2-c2ccccc21. The van der Waals surface area contributed by atoms with E-state index in [1.165, 1.54) is 22.3 Å². The van der Waals surface area contributed by atoms with Crippen molar-refractivity contribution in [1.82, 2.24) is 4.90 Å². The summed E-state index contributed by atoms with van der Waals surface area (Å²) < 4.78 is 5.73. The molecule has 0 aromatic heterocycles. The number of hydrogen-bond donors (Lipinski definition) is 1.